The van der Waals surface area contributed by atoms with Gasteiger partial charge in [-0.1, -0.05) is 36.7 Å². The molecule has 0 rings (SSSR count). The van der Waals surface area contributed by atoms with Gasteiger partial charge in [-0.15, -0.1) is 0 Å². The molecule has 0 bridgehead atoms. The Hall–Kier alpha value is 0.140. The van der Waals surface area contributed by atoms with Crippen LogP contribution in [0.4, 0.5) is 0 Å². The van der Waals surface area contributed by atoms with E-state index >= 15 is 0 Å². The predicted octanol–water partition coefficient (Wildman–Crippen LogP) is 1.97. The van der Waals surface area contributed by atoms with E-state index in [1.807, 2.05) is 0 Å². The third-order valence-electron chi connectivity index (χ3n) is 0. The minimum atomic E-state index is 0. The second-order valence-corrected chi connectivity index (χ2v) is 0.822. The van der Waals surface area contributed by atoms with Crippen LogP contribution in [0.3, 0.4) is 0 Å². The van der Waals surface area contributed by atoms with Gasteiger partial charge in [0, 0.05) is 0 Å². The largest absolute Gasteiger partial charge is 3.00 e. The second kappa shape index (κ2) is 61.4. The zero-order valence-corrected chi connectivity index (χ0v) is 8.98. The Balaban J connectivity index is -0.0000000257. The summed E-state index contributed by atoms with van der Waals surface area (Å²) in [5, 5.41) is 25.4. The Bertz CT molecular complexity index is 111. The maximum absolute atomic E-state index is 7.13. The van der Waals surface area contributed by atoms with Crippen LogP contribution >= 0.6 is 36.7 Å². The zero-order chi connectivity index (χ0) is 8.12. The van der Waals surface area contributed by atoms with Crippen molar-refractivity contribution in [3.05, 3.63) is 16.2 Å². The number of hydrogen-bond donors (Lipinski definition) is 0. The van der Waals surface area contributed by atoms with Crippen LogP contribution in [0.1, 0.15) is 0 Å². The van der Waals surface area contributed by atoms with Gasteiger partial charge >= 0.3 is 22.4 Å². The number of nitrogens with zero attached hydrogens (tertiary/aromatic N) is 3. The van der Waals surface area contributed by atoms with Crippen LogP contribution in [0.25, 0.3) is 16.2 Å². The van der Waals surface area contributed by atoms with Crippen LogP contribution in [0.15, 0.2) is 0 Å². The SMILES string of the molecule is [Au+3].[N-]=C=S.[N-]=C=S.[N-]=C=S. The van der Waals surface area contributed by atoms with E-state index in [1.165, 1.54) is 15.5 Å². The summed E-state index contributed by atoms with van der Waals surface area (Å²) in [4.78, 5) is 0. The van der Waals surface area contributed by atoms with Crippen molar-refractivity contribution >= 4 is 52.1 Å². The van der Waals surface area contributed by atoms with Gasteiger partial charge in [-0.25, -0.2) is 0 Å². The Morgan fingerprint density at radius 2 is 0.700 bits per heavy atom. The monoisotopic (exact) mass is 371 g/mol. The fraction of sp³-hybridized carbons (Fsp3) is 0. The first-order valence-corrected chi connectivity index (χ1v) is 2.51. The molecule has 0 aliphatic rings. The third kappa shape index (κ3) is 21100. The maximum Gasteiger partial charge on any atom is 3.00 e. The molecule has 10 heavy (non-hydrogen) atoms. The van der Waals surface area contributed by atoms with Crippen molar-refractivity contribution in [2.75, 3.05) is 0 Å². The molecule has 3 nitrogen and oxygen atoms in total. The summed E-state index contributed by atoms with van der Waals surface area (Å²) >= 11 is 11.1. The minimum Gasteiger partial charge on any atom is -0.753 e. The fourth-order valence-electron chi connectivity index (χ4n) is 0. The fourth-order valence-corrected chi connectivity index (χ4v) is 0. The summed E-state index contributed by atoms with van der Waals surface area (Å²) in [5.74, 6) is 0. The van der Waals surface area contributed by atoms with E-state index in [0.29, 0.717) is 0 Å². The van der Waals surface area contributed by atoms with Crippen LogP contribution in [-0.2, 0) is 22.4 Å². The van der Waals surface area contributed by atoms with Gasteiger partial charge in [0.1, 0.15) is 0 Å². The first kappa shape index (κ1) is 22.5. The predicted molar refractivity (Wildman–Crippen MR) is 47.9 cm³/mol. The summed E-state index contributed by atoms with van der Waals surface area (Å²) in [6, 6.07) is 0. The number of rotatable bonds is 0. The van der Waals surface area contributed by atoms with E-state index in [1.54, 1.807) is 0 Å². The molecule has 0 atom stereocenters. The molecule has 0 aromatic heterocycles. The molecule has 0 aliphatic carbocycles. The molecule has 0 fully saturated rings. The first-order chi connectivity index (χ1) is 4.24. The van der Waals surface area contributed by atoms with Crippen molar-refractivity contribution < 1.29 is 22.4 Å². The van der Waals surface area contributed by atoms with Gasteiger partial charge in [0.15, 0.2) is 0 Å². The third-order valence-corrected chi connectivity index (χ3v) is 0. The molecular weight excluding hydrogens is 371 g/mol. The molecule has 0 N–H and O–H groups in total. The van der Waals surface area contributed by atoms with E-state index in [4.69, 9.17) is 16.2 Å². The van der Waals surface area contributed by atoms with Gasteiger partial charge in [0.25, 0.3) is 0 Å². The Labute approximate surface area is 90.2 Å². The quantitative estimate of drug-likeness (QED) is 0.372. The van der Waals surface area contributed by atoms with Crippen LogP contribution < -0.4 is 0 Å². The summed E-state index contributed by atoms with van der Waals surface area (Å²) in [6.45, 7) is 0. The molecule has 0 heterocycles. The molecule has 0 unspecified atom stereocenters. The van der Waals surface area contributed by atoms with Gasteiger partial charge in [-0.05, 0) is 0 Å². The van der Waals surface area contributed by atoms with Crippen LogP contribution in [0.2, 0.25) is 0 Å². The maximum atomic E-state index is 7.13. The second-order valence-electron chi connectivity index (χ2n) is 0.274. The molecular formula is C3AuN3S3. The number of isothiocyanates is 3. The molecule has 7 heteroatoms. The summed E-state index contributed by atoms with van der Waals surface area (Å²) in [7, 11) is 0. The van der Waals surface area contributed by atoms with Gasteiger partial charge in [-0.2, -0.15) is 15.5 Å². The number of hydrogen-bond acceptors (Lipinski definition) is 3. The molecule has 0 amide bonds. The van der Waals surface area contributed by atoms with Crippen LogP contribution in [-0.4, -0.2) is 15.5 Å². The van der Waals surface area contributed by atoms with Gasteiger partial charge in [0.2, 0.25) is 0 Å². The van der Waals surface area contributed by atoms with Crippen molar-refractivity contribution in [2.45, 2.75) is 0 Å². The first-order valence-electron chi connectivity index (χ1n) is 1.28. The average Bonchev–Trinajstić information content (AvgIpc) is 1.70. The smallest absolute Gasteiger partial charge is 0.753 e. The van der Waals surface area contributed by atoms with E-state index in [0.717, 1.165) is 0 Å². The van der Waals surface area contributed by atoms with E-state index in [-0.39, 0.29) is 22.4 Å². The minimum absolute atomic E-state index is 0. The van der Waals surface area contributed by atoms with Gasteiger partial charge in [0.05, 0.1) is 0 Å². The molecule has 56 valence electrons. The average molecular weight is 371 g/mol. The number of thiocarbonyl (C=S) groups is 3. The van der Waals surface area contributed by atoms with Crippen molar-refractivity contribution in [2.24, 2.45) is 0 Å². The molecule has 0 saturated carbocycles. The van der Waals surface area contributed by atoms with Crippen molar-refractivity contribution in [3.63, 3.8) is 0 Å². The Kier molecular flexibility index (Phi) is 138. The molecule has 0 spiro atoms. The topological polar surface area (TPSA) is 66.9 Å². The van der Waals surface area contributed by atoms with Crippen molar-refractivity contribution in [1.82, 2.24) is 0 Å². The van der Waals surface area contributed by atoms with Gasteiger partial charge in [-0.3, -0.25) is 0 Å². The summed E-state index contributed by atoms with van der Waals surface area (Å²) < 4.78 is 0. The van der Waals surface area contributed by atoms with E-state index < -0.39 is 0 Å². The van der Waals surface area contributed by atoms with Crippen molar-refractivity contribution in [3.8, 4) is 0 Å². The normalized spacial score (nSPS) is 2.40. The standard InChI is InChI=1S/3CNS.Au/c3*2-1-3;/q3*-1;+3. The van der Waals surface area contributed by atoms with Gasteiger partial charge < -0.3 is 16.2 Å². The van der Waals surface area contributed by atoms with Crippen LogP contribution in [0.5, 0.6) is 0 Å². The summed E-state index contributed by atoms with van der Waals surface area (Å²) in [6.07, 6.45) is 0. The van der Waals surface area contributed by atoms with Crippen molar-refractivity contribution in [1.29, 1.82) is 0 Å². The Morgan fingerprint density at radius 3 is 0.700 bits per heavy atom. The molecule has 0 saturated heterocycles. The zero-order valence-electron chi connectivity index (χ0n) is 4.37. The van der Waals surface area contributed by atoms with Crippen LogP contribution in [0, 0.1) is 0 Å². The summed E-state index contributed by atoms with van der Waals surface area (Å²) in [5.41, 5.74) is 0. The molecule has 0 radical (unpaired) electrons. The Morgan fingerprint density at radius 1 is 0.700 bits per heavy atom. The molecule has 0 aromatic rings. The molecule has 0 aromatic carbocycles. The van der Waals surface area contributed by atoms with E-state index in [2.05, 4.69) is 36.7 Å². The van der Waals surface area contributed by atoms with E-state index in [9.17, 15) is 0 Å². The molecule has 0 aliphatic heterocycles.